The topological polar surface area (TPSA) is 86.8 Å². The first-order chi connectivity index (χ1) is 22.5. The highest BCUT2D eigenvalue weighted by Crippen LogP contribution is 2.31. The van der Waals surface area contributed by atoms with Gasteiger partial charge < -0.3 is 10.2 Å². The van der Waals surface area contributed by atoms with Gasteiger partial charge in [0.2, 0.25) is 11.8 Å². The zero-order chi connectivity index (χ0) is 33.6. The summed E-state index contributed by atoms with van der Waals surface area (Å²) >= 11 is 13.0. The molecule has 47 heavy (non-hydrogen) atoms. The number of nitrogens with zero attached hydrogens (tertiary/aromatic N) is 2. The number of hydrogen-bond acceptors (Lipinski definition) is 4. The van der Waals surface area contributed by atoms with Gasteiger partial charge in [-0.3, -0.25) is 13.9 Å². The second kappa shape index (κ2) is 15.4. The normalized spacial score (nSPS) is 14.0. The molecule has 1 atom stereocenters. The van der Waals surface area contributed by atoms with Gasteiger partial charge in [0.25, 0.3) is 10.0 Å². The van der Waals surface area contributed by atoms with Crippen LogP contribution in [0.5, 0.6) is 0 Å². The maximum absolute atomic E-state index is 14.7. The number of hydrogen-bond donors (Lipinski definition) is 1. The minimum atomic E-state index is -4.24. The number of anilines is 1. The van der Waals surface area contributed by atoms with E-state index in [0.29, 0.717) is 21.2 Å². The van der Waals surface area contributed by atoms with E-state index in [0.717, 1.165) is 41.1 Å². The van der Waals surface area contributed by atoms with Crippen molar-refractivity contribution in [2.24, 2.45) is 0 Å². The van der Waals surface area contributed by atoms with E-state index < -0.39 is 28.5 Å². The van der Waals surface area contributed by atoms with Gasteiger partial charge >= 0.3 is 0 Å². The highest BCUT2D eigenvalue weighted by atomic mass is 35.5. The van der Waals surface area contributed by atoms with Gasteiger partial charge in [-0.25, -0.2) is 8.42 Å². The Balaban J connectivity index is 1.60. The molecule has 0 saturated heterocycles. The molecule has 0 unspecified atom stereocenters. The summed E-state index contributed by atoms with van der Waals surface area (Å²) in [6.45, 7) is 3.07. The molecule has 0 bridgehead atoms. The molecule has 2 amide bonds. The molecule has 246 valence electrons. The number of benzene rings is 4. The van der Waals surface area contributed by atoms with Gasteiger partial charge in [-0.1, -0.05) is 108 Å². The second-order valence-corrected chi connectivity index (χ2v) is 14.8. The molecule has 4 aromatic carbocycles. The lowest BCUT2D eigenvalue weighted by atomic mass is 10.0. The van der Waals surface area contributed by atoms with E-state index in [4.69, 9.17) is 23.2 Å². The van der Waals surface area contributed by atoms with E-state index in [9.17, 15) is 18.0 Å². The summed E-state index contributed by atoms with van der Waals surface area (Å²) in [5.74, 6) is -0.837. The van der Waals surface area contributed by atoms with E-state index in [1.54, 1.807) is 55.5 Å². The summed E-state index contributed by atoms with van der Waals surface area (Å²) in [6.07, 6.45) is 4.04. The molecule has 0 radical (unpaired) electrons. The van der Waals surface area contributed by atoms with Gasteiger partial charge in [0.1, 0.15) is 12.6 Å². The number of carbonyl (C=O) groups excluding carboxylic acids is 2. The SMILES string of the molecule is Cc1ccc(S(=O)(=O)N(CC(=O)N(Cc2ccccc2Cl)[C@H](Cc2ccccc2)C(=O)NC2CCCC2)c2cc(Cl)ccc2C)cc1. The Labute approximate surface area is 287 Å². The van der Waals surface area contributed by atoms with Crippen molar-refractivity contribution in [3.8, 4) is 0 Å². The van der Waals surface area contributed by atoms with Crippen LogP contribution in [0.4, 0.5) is 5.69 Å². The predicted molar refractivity (Wildman–Crippen MR) is 188 cm³/mol. The Hall–Kier alpha value is -3.85. The first-order valence-corrected chi connectivity index (χ1v) is 18.0. The Morgan fingerprint density at radius 2 is 1.53 bits per heavy atom. The zero-order valence-electron chi connectivity index (χ0n) is 26.5. The monoisotopic (exact) mass is 691 g/mol. The second-order valence-electron chi connectivity index (χ2n) is 12.1. The lowest BCUT2D eigenvalue weighted by Gasteiger charge is -2.35. The molecule has 7 nitrogen and oxygen atoms in total. The fraction of sp³-hybridized carbons (Fsp3) is 0.297. The number of amides is 2. The van der Waals surface area contributed by atoms with Crippen molar-refractivity contribution in [1.82, 2.24) is 10.2 Å². The van der Waals surface area contributed by atoms with Crippen LogP contribution in [0.3, 0.4) is 0 Å². The fourth-order valence-electron chi connectivity index (χ4n) is 5.93. The minimum Gasteiger partial charge on any atom is -0.352 e. The molecule has 1 aliphatic carbocycles. The maximum Gasteiger partial charge on any atom is 0.264 e. The van der Waals surface area contributed by atoms with Crippen molar-refractivity contribution in [1.29, 1.82) is 0 Å². The molecular weight excluding hydrogens is 653 g/mol. The summed E-state index contributed by atoms with van der Waals surface area (Å²) in [5, 5.41) is 3.95. The predicted octanol–water partition coefficient (Wildman–Crippen LogP) is 7.50. The van der Waals surface area contributed by atoms with Crippen molar-refractivity contribution in [2.75, 3.05) is 10.8 Å². The first-order valence-electron chi connectivity index (χ1n) is 15.8. The number of aryl methyl sites for hydroxylation is 2. The van der Waals surface area contributed by atoms with Crippen LogP contribution in [0.25, 0.3) is 0 Å². The highest BCUT2D eigenvalue weighted by molar-refractivity contribution is 7.92. The van der Waals surface area contributed by atoms with Gasteiger partial charge in [0.15, 0.2) is 0 Å². The van der Waals surface area contributed by atoms with Crippen molar-refractivity contribution < 1.29 is 18.0 Å². The lowest BCUT2D eigenvalue weighted by Crippen LogP contribution is -2.54. The quantitative estimate of drug-likeness (QED) is 0.167. The molecule has 1 aliphatic rings. The van der Waals surface area contributed by atoms with Gasteiger partial charge in [0.05, 0.1) is 10.6 Å². The molecular formula is C37H39Cl2N3O4S. The Bertz CT molecular complexity index is 1810. The average Bonchev–Trinajstić information content (AvgIpc) is 3.57. The average molecular weight is 693 g/mol. The third-order valence-corrected chi connectivity index (χ3v) is 11.0. The van der Waals surface area contributed by atoms with Crippen molar-refractivity contribution in [3.05, 3.63) is 129 Å². The van der Waals surface area contributed by atoms with E-state index in [1.807, 2.05) is 43.3 Å². The summed E-state index contributed by atoms with van der Waals surface area (Å²) in [7, 11) is -4.24. The van der Waals surface area contributed by atoms with Gasteiger partial charge in [-0.15, -0.1) is 0 Å². The largest absolute Gasteiger partial charge is 0.352 e. The van der Waals surface area contributed by atoms with Crippen LogP contribution in [0.1, 0.15) is 47.9 Å². The van der Waals surface area contributed by atoms with E-state index in [1.165, 1.54) is 17.0 Å². The number of carbonyl (C=O) groups is 2. The summed E-state index contributed by atoms with van der Waals surface area (Å²) in [4.78, 5) is 30.4. The molecule has 1 saturated carbocycles. The molecule has 4 aromatic rings. The van der Waals surface area contributed by atoms with Crippen molar-refractivity contribution in [2.45, 2.75) is 69.5 Å². The first kappa shape index (κ1) is 34.5. The molecule has 0 aromatic heterocycles. The third kappa shape index (κ3) is 8.55. The van der Waals surface area contributed by atoms with Crippen LogP contribution in [0, 0.1) is 13.8 Å². The Morgan fingerprint density at radius 3 is 2.21 bits per heavy atom. The number of sulfonamides is 1. The molecule has 5 rings (SSSR count). The van der Waals surface area contributed by atoms with Crippen LogP contribution in [0.15, 0.2) is 102 Å². The lowest BCUT2D eigenvalue weighted by molar-refractivity contribution is -0.140. The molecule has 1 N–H and O–H groups in total. The van der Waals surface area contributed by atoms with E-state index in [2.05, 4.69) is 5.32 Å². The van der Waals surface area contributed by atoms with Crippen LogP contribution >= 0.6 is 23.2 Å². The molecule has 0 aliphatic heterocycles. The highest BCUT2D eigenvalue weighted by Gasteiger charge is 2.36. The minimum absolute atomic E-state index is 0.00103. The van der Waals surface area contributed by atoms with Crippen LogP contribution in [-0.4, -0.2) is 43.8 Å². The van der Waals surface area contributed by atoms with Crippen molar-refractivity contribution in [3.63, 3.8) is 0 Å². The van der Waals surface area contributed by atoms with Crippen molar-refractivity contribution >= 4 is 50.7 Å². The zero-order valence-corrected chi connectivity index (χ0v) is 28.9. The van der Waals surface area contributed by atoms with Gasteiger partial charge in [-0.2, -0.15) is 0 Å². The number of halogens is 2. The summed E-state index contributed by atoms with van der Waals surface area (Å²) < 4.78 is 29.7. The van der Waals surface area contributed by atoms with Gasteiger partial charge in [0, 0.05) is 29.1 Å². The van der Waals surface area contributed by atoms with Crippen LogP contribution < -0.4 is 9.62 Å². The smallest absolute Gasteiger partial charge is 0.264 e. The summed E-state index contributed by atoms with van der Waals surface area (Å²) in [6, 6.07) is 27.1. The molecule has 1 fully saturated rings. The molecule has 0 spiro atoms. The number of rotatable bonds is 12. The molecule has 0 heterocycles. The maximum atomic E-state index is 14.7. The Kier molecular flexibility index (Phi) is 11.3. The standard InChI is InChI=1S/C37H39Cl2N3O4S/c1-26-16-20-32(21-17-26)47(45,46)42(34-23-30(38)19-18-27(34)2)25-36(43)41(24-29-12-6-9-15-33(29)39)35(22-28-10-4-3-5-11-28)37(44)40-31-13-7-8-14-31/h3-6,9-12,15-21,23,31,35H,7-8,13-14,22,24-25H2,1-2H3,(H,40,44)/t35-/m1/s1. The van der Waals surface area contributed by atoms with Crippen LogP contribution in [-0.2, 0) is 32.6 Å². The van der Waals surface area contributed by atoms with Crippen LogP contribution in [0.2, 0.25) is 10.0 Å². The van der Waals surface area contributed by atoms with Gasteiger partial charge in [-0.05, 0) is 73.7 Å². The third-order valence-electron chi connectivity index (χ3n) is 8.60. The molecule has 10 heteroatoms. The van der Waals surface area contributed by atoms with E-state index in [-0.39, 0.29) is 35.5 Å². The number of nitrogens with one attached hydrogen (secondary N) is 1. The Morgan fingerprint density at radius 1 is 0.872 bits per heavy atom. The van der Waals surface area contributed by atoms with E-state index >= 15 is 0 Å². The summed E-state index contributed by atoms with van der Waals surface area (Å²) in [5.41, 5.74) is 3.30. The fourth-order valence-corrected chi connectivity index (χ4v) is 7.77.